The number of rotatable bonds is 4. The molecule has 1 aliphatic rings. The molecule has 3 heterocycles. The largest absolute Gasteiger partial charge is 0.414 e. The second-order valence-electron chi connectivity index (χ2n) is 6.29. The van der Waals surface area contributed by atoms with Crippen molar-refractivity contribution in [3.63, 3.8) is 0 Å². The molecule has 0 radical (unpaired) electrons. The van der Waals surface area contributed by atoms with E-state index in [1.54, 1.807) is 27.8 Å². The molecule has 1 amide bonds. The lowest BCUT2D eigenvalue weighted by Gasteiger charge is -2.27. The lowest BCUT2D eigenvalue weighted by atomic mass is 10.0. The van der Waals surface area contributed by atoms with E-state index < -0.39 is 5.82 Å². The van der Waals surface area contributed by atoms with Gasteiger partial charge in [-0.2, -0.15) is 5.10 Å². The zero-order chi connectivity index (χ0) is 19.0. The minimum absolute atomic E-state index is 0.0307. The van der Waals surface area contributed by atoms with E-state index in [2.05, 4.69) is 15.3 Å². The second kappa shape index (κ2) is 6.92. The summed E-state index contributed by atoms with van der Waals surface area (Å²) in [5.74, 6) is -0.237. The first kappa shape index (κ1) is 17.3. The van der Waals surface area contributed by atoms with Crippen molar-refractivity contribution in [2.24, 2.45) is 7.05 Å². The smallest absolute Gasteiger partial charge is 0.268 e. The maximum atomic E-state index is 14.0. The molecule has 9 heteroatoms. The number of hydrogen-bond donors (Lipinski definition) is 0. The summed E-state index contributed by atoms with van der Waals surface area (Å²) in [6.45, 7) is 1.01. The average Bonchev–Trinajstić information content (AvgIpc) is 3.27. The van der Waals surface area contributed by atoms with Crippen LogP contribution in [0.4, 0.5) is 4.39 Å². The van der Waals surface area contributed by atoms with Crippen LogP contribution in [0.1, 0.15) is 11.3 Å². The Labute approximate surface area is 154 Å². The molecule has 4 rings (SSSR count). The van der Waals surface area contributed by atoms with Crippen molar-refractivity contribution in [1.82, 2.24) is 24.9 Å². The highest BCUT2D eigenvalue weighted by molar-refractivity contribution is 5.78. The van der Waals surface area contributed by atoms with E-state index >= 15 is 0 Å². The molecule has 0 unspecified atom stereocenters. The van der Waals surface area contributed by atoms with Crippen LogP contribution >= 0.6 is 0 Å². The van der Waals surface area contributed by atoms with Crippen molar-refractivity contribution in [2.45, 2.75) is 13.0 Å². The van der Waals surface area contributed by atoms with Crippen LogP contribution in [0.2, 0.25) is 0 Å². The first-order chi connectivity index (χ1) is 13.1. The Morgan fingerprint density at radius 1 is 1.30 bits per heavy atom. The summed E-state index contributed by atoms with van der Waals surface area (Å²) in [5.41, 5.74) is 2.62. The van der Waals surface area contributed by atoms with Gasteiger partial charge in [0, 0.05) is 44.9 Å². The van der Waals surface area contributed by atoms with Crippen LogP contribution in [0.5, 0.6) is 0 Å². The zero-order valence-electron chi connectivity index (χ0n) is 15.0. The average molecular weight is 371 g/mol. The van der Waals surface area contributed by atoms with Crippen LogP contribution < -0.4 is 0 Å². The molecule has 3 aromatic rings. The highest BCUT2D eigenvalue weighted by atomic mass is 19.1. The van der Waals surface area contributed by atoms with Gasteiger partial charge >= 0.3 is 0 Å². The van der Waals surface area contributed by atoms with Gasteiger partial charge < -0.3 is 14.1 Å². The van der Waals surface area contributed by atoms with Crippen LogP contribution in [-0.4, -0.2) is 51.0 Å². The number of ether oxygens (including phenoxy) is 1. The minimum Gasteiger partial charge on any atom is -0.414 e. The predicted molar refractivity (Wildman–Crippen MR) is 92.9 cm³/mol. The summed E-state index contributed by atoms with van der Waals surface area (Å²) in [6, 6.07) is 6.20. The molecular weight excluding hydrogens is 353 g/mol. The number of fused-ring (bicyclic) bond motifs is 1. The van der Waals surface area contributed by atoms with Crippen molar-refractivity contribution >= 4 is 5.91 Å². The van der Waals surface area contributed by atoms with Gasteiger partial charge in [0.05, 0.1) is 5.56 Å². The summed E-state index contributed by atoms with van der Waals surface area (Å²) in [6.07, 6.45) is 0.669. The number of methoxy groups -OCH3 is 1. The van der Waals surface area contributed by atoms with Gasteiger partial charge in [0.1, 0.15) is 12.4 Å². The van der Waals surface area contributed by atoms with E-state index in [-0.39, 0.29) is 29.9 Å². The number of carbonyl (C=O) groups excluding carboxylic acids is 1. The summed E-state index contributed by atoms with van der Waals surface area (Å²) in [4.78, 5) is 13.9. The Morgan fingerprint density at radius 3 is 2.85 bits per heavy atom. The number of aryl methyl sites for hydroxylation is 1. The molecule has 1 aromatic carbocycles. The summed E-state index contributed by atoms with van der Waals surface area (Å²) in [5, 5.41) is 12.5. The Kier molecular flexibility index (Phi) is 4.44. The van der Waals surface area contributed by atoms with Gasteiger partial charge in [-0.3, -0.25) is 9.48 Å². The molecule has 0 saturated heterocycles. The molecule has 27 heavy (non-hydrogen) atoms. The number of benzene rings is 1. The lowest BCUT2D eigenvalue weighted by Crippen LogP contribution is -2.38. The van der Waals surface area contributed by atoms with Crippen LogP contribution in [0.15, 0.2) is 28.7 Å². The number of aromatic nitrogens is 4. The molecule has 2 aromatic heterocycles. The molecule has 0 aliphatic carbocycles. The van der Waals surface area contributed by atoms with E-state index in [0.717, 1.165) is 11.3 Å². The fourth-order valence-corrected chi connectivity index (χ4v) is 3.25. The van der Waals surface area contributed by atoms with Crippen LogP contribution in [0, 0.1) is 5.82 Å². The van der Waals surface area contributed by atoms with E-state index in [1.165, 1.54) is 13.2 Å². The highest BCUT2D eigenvalue weighted by Gasteiger charge is 2.29. The molecule has 8 nitrogen and oxygen atoms in total. The predicted octanol–water partition coefficient (Wildman–Crippen LogP) is 1.81. The lowest BCUT2D eigenvalue weighted by molar-refractivity contribution is -0.136. The van der Waals surface area contributed by atoms with Crippen LogP contribution in [-0.2, 0) is 29.5 Å². The normalized spacial score (nSPS) is 13.7. The van der Waals surface area contributed by atoms with Crippen LogP contribution in [0.3, 0.4) is 0 Å². The number of amides is 1. The van der Waals surface area contributed by atoms with Crippen molar-refractivity contribution in [1.29, 1.82) is 0 Å². The van der Waals surface area contributed by atoms with Gasteiger partial charge in [0.25, 0.3) is 11.8 Å². The molecule has 140 valence electrons. The van der Waals surface area contributed by atoms with Gasteiger partial charge in [0.15, 0.2) is 5.69 Å². The topological polar surface area (TPSA) is 86.3 Å². The van der Waals surface area contributed by atoms with Crippen LogP contribution in [0.25, 0.3) is 23.0 Å². The van der Waals surface area contributed by atoms with Crippen molar-refractivity contribution in [3.8, 4) is 23.0 Å². The van der Waals surface area contributed by atoms with Gasteiger partial charge in [-0.1, -0.05) is 12.1 Å². The second-order valence-corrected chi connectivity index (χ2v) is 6.29. The standard InChI is InChI=1S/C18H18FN5O3/c1-23-14-7-8-24(15(25)10-26-2)9-12(14)16(22-23)18-21-20-17(27-18)11-5-3-4-6-13(11)19/h3-6H,7-10H2,1-2H3. The highest BCUT2D eigenvalue weighted by Crippen LogP contribution is 2.31. The SMILES string of the molecule is COCC(=O)N1CCc2c(c(-c3nnc(-c4ccccc4F)o3)nn2C)C1. The van der Waals surface area contributed by atoms with Gasteiger partial charge in [-0.25, -0.2) is 4.39 Å². The monoisotopic (exact) mass is 371 g/mol. The van der Waals surface area contributed by atoms with E-state index in [4.69, 9.17) is 9.15 Å². The van der Waals surface area contributed by atoms with Crippen molar-refractivity contribution < 1.29 is 18.3 Å². The van der Waals surface area contributed by atoms with E-state index in [9.17, 15) is 9.18 Å². The fourth-order valence-electron chi connectivity index (χ4n) is 3.25. The number of nitrogens with zero attached hydrogens (tertiary/aromatic N) is 5. The Balaban J connectivity index is 1.69. The minimum atomic E-state index is -0.438. The summed E-state index contributed by atoms with van der Waals surface area (Å²) >= 11 is 0. The quantitative estimate of drug-likeness (QED) is 0.695. The molecule has 0 bridgehead atoms. The third kappa shape index (κ3) is 3.10. The van der Waals surface area contributed by atoms with Crippen molar-refractivity contribution in [3.05, 3.63) is 41.3 Å². The molecule has 0 atom stereocenters. The molecule has 0 N–H and O–H groups in total. The third-order valence-electron chi connectivity index (χ3n) is 4.59. The van der Waals surface area contributed by atoms with E-state index in [0.29, 0.717) is 25.2 Å². The van der Waals surface area contributed by atoms with Gasteiger partial charge in [-0.05, 0) is 12.1 Å². The van der Waals surface area contributed by atoms with Gasteiger partial charge in [-0.15, -0.1) is 10.2 Å². The maximum absolute atomic E-state index is 14.0. The first-order valence-electron chi connectivity index (χ1n) is 8.48. The van der Waals surface area contributed by atoms with Gasteiger partial charge in [0.2, 0.25) is 5.91 Å². The Bertz CT molecular complexity index is 997. The Hall–Kier alpha value is -3.07. The Morgan fingerprint density at radius 2 is 2.07 bits per heavy atom. The van der Waals surface area contributed by atoms with E-state index in [1.807, 2.05) is 7.05 Å². The number of halogens is 1. The molecule has 0 fully saturated rings. The maximum Gasteiger partial charge on any atom is 0.268 e. The zero-order valence-corrected chi connectivity index (χ0v) is 15.0. The molecule has 0 saturated carbocycles. The molecule has 0 spiro atoms. The fraction of sp³-hybridized carbons (Fsp3) is 0.333. The third-order valence-corrected chi connectivity index (χ3v) is 4.59. The number of carbonyl (C=O) groups is 1. The number of hydrogen-bond acceptors (Lipinski definition) is 6. The molecular formula is C18H18FN5O3. The van der Waals surface area contributed by atoms with Crippen molar-refractivity contribution in [2.75, 3.05) is 20.3 Å². The first-order valence-corrected chi connectivity index (χ1v) is 8.48. The molecule has 1 aliphatic heterocycles. The summed E-state index contributed by atoms with van der Waals surface area (Å²) in [7, 11) is 3.33. The summed E-state index contributed by atoms with van der Waals surface area (Å²) < 4.78 is 26.4.